The standard InChI is InChI=1S/C13H18ClNO3/c1-8(2)6-11(13(16)17)15-10-7-9(14)4-5-12(10)18-3/h4-5,7-8,11,15H,6H2,1-3H3,(H,16,17). The van der Waals surface area contributed by atoms with Crippen molar-refractivity contribution in [1.29, 1.82) is 0 Å². The minimum Gasteiger partial charge on any atom is -0.495 e. The molecule has 1 aromatic carbocycles. The summed E-state index contributed by atoms with van der Waals surface area (Å²) >= 11 is 5.90. The second-order valence-corrected chi connectivity index (χ2v) is 4.95. The van der Waals surface area contributed by atoms with Gasteiger partial charge in [0.25, 0.3) is 0 Å². The Bertz CT molecular complexity index is 421. The third kappa shape index (κ3) is 4.11. The van der Waals surface area contributed by atoms with Crippen molar-refractivity contribution in [3.05, 3.63) is 23.2 Å². The molecule has 0 radical (unpaired) electrons. The summed E-state index contributed by atoms with van der Waals surface area (Å²) in [5.74, 6) is -0.0242. The van der Waals surface area contributed by atoms with Gasteiger partial charge in [-0.05, 0) is 30.5 Å². The van der Waals surface area contributed by atoms with Gasteiger partial charge in [0.05, 0.1) is 12.8 Å². The Hall–Kier alpha value is -1.42. The molecule has 0 amide bonds. The van der Waals surface area contributed by atoms with Crippen LogP contribution in [0.25, 0.3) is 0 Å². The summed E-state index contributed by atoms with van der Waals surface area (Å²) in [6.45, 7) is 3.96. The smallest absolute Gasteiger partial charge is 0.326 e. The Morgan fingerprint density at radius 2 is 2.17 bits per heavy atom. The first-order valence-corrected chi connectivity index (χ1v) is 6.14. The van der Waals surface area contributed by atoms with Crippen molar-refractivity contribution < 1.29 is 14.6 Å². The quantitative estimate of drug-likeness (QED) is 0.834. The summed E-state index contributed by atoms with van der Waals surface area (Å²) in [4.78, 5) is 11.2. The molecule has 1 unspecified atom stereocenters. The molecule has 0 fully saturated rings. The summed E-state index contributed by atoms with van der Waals surface area (Å²) < 4.78 is 5.17. The molecule has 0 heterocycles. The van der Waals surface area contributed by atoms with E-state index in [0.717, 1.165) is 0 Å². The molecule has 0 saturated heterocycles. The molecule has 0 aliphatic rings. The van der Waals surface area contributed by atoms with Gasteiger partial charge in [-0.3, -0.25) is 0 Å². The van der Waals surface area contributed by atoms with E-state index in [0.29, 0.717) is 22.9 Å². The number of hydrogen-bond donors (Lipinski definition) is 2. The fourth-order valence-electron chi connectivity index (χ4n) is 1.67. The van der Waals surface area contributed by atoms with Gasteiger partial charge in [0.1, 0.15) is 11.8 Å². The van der Waals surface area contributed by atoms with Gasteiger partial charge < -0.3 is 15.2 Å². The van der Waals surface area contributed by atoms with E-state index >= 15 is 0 Å². The van der Waals surface area contributed by atoms with E-state index in [2.05, 4.69) is 5.32 Å². The number of methoxy groups -OCH3 is 1. The van der Waals surface area contributed by atoms with Crippen molar-refractivity contribution >= 4 is 23.3 Å². The van der Waals surface area contributed by atoms with Gasteiger partial charge in [0, 0.05) is 5.02 Å². The molecule has 0 aliphatic carbocycles. The number of hydrogen-bond acceptors (Lipinski definition) is 3. The van der Waals surface area contributed by atoms with Crippen LogP contribution in [0.15, 0.2) is 18.2 Å². The van der Waals surface area contributed by atoms with Gasteiger partial charge in [0.15, 0.2) is 0 Å². The number of halogens is 1. The normalized spacial score (nSPS) is 12.3. The van der Waals surface area contributed by atoms with Gasteiger partial charge in [-0.15, -0.1) is 0 Å². The predicted molar refractivity (Wildman–Crippen MR) is 72.5 cm³/mol. The number of aliphatic carboxylic acids is 1. The third-order valence-corrected chi connectivity index (χ3v) is 2.73. The zero-order chi connectivity index (χ0) is 13.7. The number of anilines is 1. The fourth-order valence-corrected chi connectivity index (χ4v) is 1.85. The van der Waals surface area contributed by atoms with E-state index < -0.39 is 12.0 Å². The predicted octanol–water partition coefficient (Wildman–Crippen LogP) is 3.26. The van der Waals surface area contributed by atoms with Crippen LogP contribution in [0.4, 0.5) is 5.69 Å². The van der Waals surface area contributed by atoms with Gasteiger partial charge in [-0.25, -0.2) is 4.79 Å². The highest BCUT2D eigenvalue weighted by Crippen LogP contribution is 2.29. The van der Waals surface area contributed by atoms with Gasteiger partial charge in [0.2, 0.25) is 0 Å². The highest BCUT2D eigenvalue weighted by Gasteiger charge is 2.20. The van der Waals surface area contributed by atoms with Crippen LogP contribution in [-0.2, 0) is 4.79 Å². The highest BCUT2D eigenvalue weighted by molar-refractivity contribution is 6.30. The third-order valence-electron chi connectivity index (χ3n) is 2.50. The van der Waals surface area contributed by atoms with Crippen LogP contribution < -0.4 is 10.1 Å². The van der Waals surface area contributed by atoms with Crippen LogP contribution in [0.3, 0.4) is 0 Å². The SMILES string of the molecule is COc1ccc(Cl)cc1NC(CC(C)C)C(=O)O. The van der Waals surface area contributed by atoms with Crippen molar-refractivity contribution in [3.63, 3.8) is 0 Å². The first-order valence-electron chi connectivity index (χ1n) is 5.77. The summed E-state index contributed by atoms with van der Waals surface area (Å²) in [6.07, 6.45) is 0.533. The van der Waals surface area contributed by atoms with E-state index in [4.69, 9.17) is 16.3 Å². The van der Waals surface area contributed by atoms with E-state index in [-0.39, 0.29) is 5.92 Å². The van der Waals surface area contributed by atoms with E-state index in [1.54, 1.807) is 18.2 Å². The molecule has 0 bridgehead atoms. The molecule has 1 atom stereocenters. The summed E-state index contributed by atoms with van der Waals surface area (Å²) in [6, 6.07) is 4.41. The molecular formula is C13H18ClNO3. The molecule has 1 rings (SSSR count). The lowest BCUT2D eigenvalue weighted by atomic mass is 10.0. The maximum atomic E-state index is 11.2. The molecule has 5 heteroatoms. The second-order valence-electron chi connectivity index (χ2n) is 4.51. The zero-order valence-electron chi connectivity index (χ0n) is 10.7. The van der Waals surface area contributed by atoms with Crippen LogP contribution in [0.5, 0.6) is 5.75 Å². The summed E-state index contributed by atoms with van der Waals surface area (Å²) in [7, 11) is 1.53. The summed E-state index contributed by atoms with van der Waals surface area (Å²) in [5, 5.41) is 12.7. The minimum absolute atomic E-state index is 0.281. The van der Waals surface area contributed by atoms with Crippen LogP contribution in [0.2, 0.25) is 5.02 Å². The maximum absolute atomic E-state index is 11.2. The highest BCUT2D eigenvalue weighted by atomic mass is 35.5. The first kappa shape index (κ1) is 14.6. The number of benzene rings is 1. The molecule has 100 valence electrons. The van der Waals surface area contributed by atoms with Crippen LogP contribution >= 0.6 is 11.6 Å². The lowest BCUT2D eigenvalue weighted by molar-refractivity contribution is -0.138. The van der Waals surface area contributed by atoms with E-state index in [1.807, 2.05) is 13.8 Å². The number of carbonyl (C=O) groups is 1. The van der Waals surface area contributed by atoms with Crippen molar-refractivity contribution in [1.82, 2.24) is 0 Å². The van der Waals surface area contributed by atoms with Crippen LogP contribution in [-0.4, -0.2) is 24.2 Å². The first-order chi connectivity index (χ1) is 8.43. The number of rotatable bonds is 6. The van der Waals surface area contributed by atoms with E-state index in [1.165, 1.54) is 7.11 Å². The van der Waals surface area contributed by atoms with Crippen LogP contribution in [0, 0.1) is 5.92 Å². The Kier molecular flexibility index (Phi) is 5.28. The lowest BCUT2D eigenvalue weighted by Crippen LogP contribution is -2.30. The van der Waals surface area contributed by atoms with Crippen LogP contribution in [0.1, 0.15) is 20.3 Å². The monoisotopic (exact) mass is 271 g/mol. The molecular weight excluding hydrogens is 254 g/mol. The Morgan fingerprint density at radius 3 is 2.67 bits per heavy atom. The number of ether oxygens (including phenoxy) is 1. The van der Waals surface area contributed by atoms with Crippen molar-refractivity contribution in [3.8, 4) is 5.75 Å². The number of nitrogens with one attached hydrogen (secondary N) is 1. The van der Waals surface area contributed by atoms with Crippen molar-refractivity contribution in [2.45, 2.75) is 26.3 Å². The fraction of sp³-hybridized carbons (Fsp3) is 0.462. The molecule has 0 spiro atoms. The molecule has 0 aliphatic heterocycles. The molecule has 4 nitrogen and oxygen atoms in total. The average molecular weight is 272 g/mol. The summed E-state index contributed by atoms with van der Waals surface area (Å²) in [5.41, 5.74) is 0.595. The second kappa shape index (κ2) is 6.50. The largest absolute Gasteiger partial charge is 0.495 e. The molecule has 1 aromatic rings. The molecule has 0 aromatic heterocycles. The van der Waals surface area contributed by atoms with Gasteiger partial charge in [-0.2, -0.15) is 0 Å². The maximum Gasteiger partial charge on any atom is 0.326 e. The Labute approximate surface area is 112 Å². The van der Waals surface area contributed by atoms with E-state index in [9.17, 15) is 9.90 Å². The Morgan fingerprint density at radius 1 is 1.50 bits per heavy atom. The average Bonchev–Trinajstić information content (AvgIpc) is 2.27. The lowest BCUT2D eigenvalue weighted by Gasteiger charge is -2.19. The minimum atomic E-state index is -0.884. The van der Waals surface area contributed by atoms with Crippen molar-refractivity contribution in [2.24, 2.45) is 5.92 Å². The number of carboxylic acid groups (broad SMARTS) is 1. The number of carboxylic acids is 1. The molecule has 18 heavy (non-hydrogen) atoms. The zero-order valence-corrected chi connectivity index (χ0v) is 11.5. The molecule has 0 saturated carbocycles. The topological polar surface area (TPSA) is 58.6 Å². The molecule has 2 N–H and O–H groups in total. The van der Waals surface area contributed by atoms with Crippen molar-refractivity contribution in [2.75, 3.05) is 12.4 Å². The Balaban J connectivity index is 2.92. The van der Waals surface area contributed by atoms with Gasteiger partial charge >= 0.3 is 5.97 Å². The van der Waals surface area contributed by atoms with Gasteiger partial charge in [-0.1, -0.05) is 25.4 Å².